The van der Waals surface area contributed by atoms with Crippen molar-refractivity contribution < 1.29 is 5.11 Å². The zero-order valence-electron chi connectivity index (χ0n) is 11.2. The van der Waals surface area contributed by atoms with E-state index in [2.05, 4.69) is 50.4 Å². The van der Waals surface area contributed by atoms with Crippen LogP contribution in [0.1, 0.15) is 40.2 Å². The van der Waals surface area contributed by atoms with Crippen LogP contribution in [0.3, 0.4) is 0 Å². The summed E-state index contributed by atoms with van der Waals surface area (Å²) < 4.78 is 0. The van der Waals surface area contributed by atoms with E-state index >= 15 is 0 Å². The molecule has 0 saturated heterocycles. The summed E-state index contributed by atoms with van der Waals surface area (Å²) in [5.74, 6) is 0. The molecule has 0 aliphatic carbocycles. The molecule has 1 nitrogen and oxygen atoms in total. The lowest BCUT2D eigenvalue weighted by Gasteiger charge is -2.15. The molecule has 0 bridgehead atoms. The molecule has 1 aromatic heterocycles. The molecule has 0 aliphatic rings. The largest absolute Gasteiger partial charge is 0.387 e. The molecule has 1 aromatic carbocycles. The fraction of sp³-hybridized carbons (Fsp3) is 0.375. The Hall–Kier alpha value is -1.12. The lowest BCUT2D eigenvalue weighted by atomic mass is 9.96. The highest BCUT2D eigenvalue weighted by molar-refractivity contribution is 7.10. The molecule has 0 spiro atoms. The molecule has 0 aliphatic heterocycles. The SMILES string of the molecule is CCc1ccsc1C(O)Cc1c(C)cccc1C. The summed E-state index contributed by atoms with van der Waals surface area (Å²) in [5, 5.41) is 12.5. The van der Waals surface area contributed by atoms with Gasteiger partial charge in [-0.3, -0.25) is 0 Å². The Labute approximate surface area is 113 Å². The Morgan fingerprint density at radius 3 is 2.44 bits per heavy atom. The number of rotatable bonds is 4. The number of thiophene rings is 1. The minimum absolute atomic E-state index is 0.375. The predicted molar refractivity (Wildman–Crippen MR) is 78.3 cm³/mol. The van der Waals surface area contributed by atoms with Crippen molar-refractivity contribution in [3.63, 3.8) is 0 Å². The maximum Gasteiger partial charge on any atom is 0.0925 e. The van der Waals surface area contributed by atoms with Crippen LogP contribution < -0.4 is 0 Å². The van der Waals surface area contributed by atoms with E-state index in [1.54, 1.807) is 11.3 Å². The van der Waals surface area contributed by atoms with Gasteiger partial charge in [-0.1, -0.05) is 25.1 Å². The molecule has 2 heteroatoms. The molecule has 96 valence electrons. The van der Waals surface area contributed by atoms with Crippen LogP contribution in [-0.2, 0) is 12.8 Å². The van der Waals surface area contributed by atoms with Crippen molar-refractivity contribution in [2.45, 2.75) is 39.7 Å². The van der Waals surface area contributed by atoms with Crippen molar-refractivity contribution in [2.75, 3.05) is 0 Å². The standard InChI is InChI=1S/C16H20OS/c1-4-13-8-9-18-16(13)15(17)10-14-11(2)6-5-7-12(14)3/h5-9,15,17H,4,10H2,1-3H3. The highest BCUT2D eigenvalue weighted by Gasteiger charge is 2.15. The van der Waals surface area contributed by atoms with Crippen LogP contribution in [0.4, 0.5) is 0 Å². The zero-order valence-corrected chi connectivity index (χ0v) is 12.1. The van der Waals surface area contributed by atoms with Gasteiger partial charge in [-0.25, -0.2) is 0 Å². The lowest BCUT2D eigenvalue weighted by Crippen LogP contribution is -2.05. The van der Waals surface area contributed by atoms with Crippen molar-refractivity contribution in [2.24, 2.45) is 0 Å². The summed E-state index contributed by atoms with van der Waals surface area (Å²) in [4.78, 5) is 1.13. The third kappa shape index (κ3) is 2.65. The summed E-state index contributed by atoms with van der Waals surface area (Å²) in [6.45, 7) is 6.37. The van der Waals surface area contributed by atoms with E-state index in [0.29, 0.717) is 6.42 Å². The van der Waals surface area contributed by atoms with Gasteiger partial charge in [-0.15, -0.1) is 11.3 Å². The van der Waals surface area contributed by atoms with Gasteiger partial charge in [0.25, 0.3) is 0 Å². The first-order valence-corrected chi connectivity index (χ1v) is 7.30. The van der Waals surface area contributed by atoms with Gasteiger partial charge in [-0.2, -0.15) is 0 Å². The first kappa shape index (κ1) is 13.3. The van der Waals surface area contributed by atoms with Gasteiger partial charge >= 0.3 is 0 Å². The molecule has 1 atom stereocenters. The van der Waals surface area contributed by atoms with Crippen LogP contribution in [0.5, 0.6) is 0 Å². The van der Waals surface area contributed by atoms with E-state index in [1.165, 1.54) is 22.3 Å². The van der Waals surface area contributed by atoms with Gasteiger partial charge in [0, 0.05) is 11.3 Å². The van der Waals surface area contributed by atoms with Gasteiger partial charge in [0.2, 0.25) is 0 Å². The van der Waals surface area contributed by atoms with Crippen molar-refractivity contribution in [1.29, 1.82) is 0 Å². The van der Waals surface area contributed by atoms with Gasteiger partial charge in [0.15, 0.2) is 0 Å². The molecule has 0 amide bonds. The summed E-state index contributed by atoms with van der Waals surface area (Å²) in [5.41, 5.74) is 5.09. The summed E-state index contributed by atoms with van der Waals surface area (Å²) in [6, 6.07) is 8.42. The highest BCUT2D eigenvalue weighted by Crippen LogP contribution is 2.29. The first-order chi connectivity index (χ1) is 8.63. The molecule has 1 heterocycles. The average molecular weight is 260 g/mol. The molecule has 0 fully saturated rings. The summed E-state index contributed by atoms with van der Waals surface area (Å²) in [6.07, 6.45) is 1.33. The maximum atomic E-state index is 10.4. The van der Waals surface area contributed by atoms with E-state index in [1.807, 2.05) is 0 Å². The van der Waals surface area contributed by atoms with Gasteiger partial charge in [0.05, 0.1) is 6.10 Å². The second-order valence-corrected chi connectivity index (χ2v) is 5.70. The number of aliphatic hydroxyl groups is 1. The number of aliphatic hydroxyl groups excluding tert-OH is 1. The fourth-order valence-electron chi connectivity index (χ4n) is 2.39. The van der Waals surface area contributed by atoms with E-state index in [-0.39, 0.29) is 6.10 Å². The van der Waals surface area contributed by atoms with Crippen LogP contribution in [0.15, 0.2) is 29.6 Å². The molecule has 1 unspecified atom stereocenters. The van der Waals surface area contributed by atoms with Crippen LogP contribution in [0.25, 0.3) is 0 Å². The average Bonchev–Trinajstić information content (AvgIpc) is 2.82. The van der Waals surface area contributed by atoms with E-state index in [0.717, 1.165) is 11.3 Å². The maximum absolute atomic E-state index is 10.4. The zero-order chi connectivity index (χ0) is 13.1. The second-order valence-electron chi connectivity index (χ2n) is 4.75. The van der Waals surface area contributed by atoms with Crippen molar-refractivity contribution in [1.82, 2.24) is 0 Å². The van der Waals surface area contributed by atoms with E-state index in [9.17, 15) is 5.11 Å². The summed E-state index contributed by atoms with van der Waals surface area (Å²) in [7, 11) is 0. The molecule has 2 aromatic rings. The summed E-state index contributed by atoms with van der Waals surface area (Å²) >= 11 is 1.66. The highest BCUT2D eigenvalue weighted by atomic mass is 32.1. The van der Waals surface area contributed by atoms with Crippen LogP contribution in [-0.4, -0.2) is 5.11 Å². The van der Waals surface area contributed by atoms with Crippen LogP contribution in [0.2, 0.25) is 0 Å². The first-order valence-electron chi connectivity index (χ1n) is 6.43. The van der Waals surface area contributed by atoms with Gasteiger partial charge < -0.3 is 5.11 Å². The Morgan fingerprint density at radius 2 is 1.83 bits per heavy atom. The molecule has 1 N–H and O–H groups in total. The van der Waals surface area contributed by atoms with Crippen LogP contribution >= 0.6 is 11.3 Å². The second kappa shape index (κ2) is 5.68. The van der Waals surface area contributed by atoms with Gasteiger partial charge in [-0.05, 0) is 54.0 Å². The number of hydrogen-bond donors (Lipinski definition) is 1. The van der Waals surface area contributed by atoms with E-state index in [4.69, 9.17) is 0 Å². The predicted octanol–water partition coefficient (Wildman–Crippen LogP) is 4.20. The van der Waals surface area contributed by atoms with E-state index < -0.39 is 0 Å². The molecular weight excluding hydrogens is 240 g/mol. The number of benzene rings is 1. The molecule has 18 heavy (non-hydrogen) atoms. The third-order valence-corrected chi connectivity index (χ3v) is 4.57. The monoisotopic (exact) mass is 260 g/mol. The quantitative estimate of drug-likeness (QED) is 0.873. The molecule has 0 radical (unpaired) electrons. The lowest BCUT2D eigenvalue weighted by molar-refractivity contribution is 0.181. The number of aryl methyl sites for hydroxylation is 3. The third-order valence-electron chi connectivity index (χ3n) is 3.51. The Bertz CT molecular complexity index is 507. The Kier molecular flexibility index (Phi) is 4.20. The molecule has 2 rings (SSSR count). The van der Waals surface area contributed by atoms with Crippen molar-refractivity contribution in [3.8, 4) is 0 Å². The topological polar surface area (TPSA) is 20.2 Å². The minimum atomic E-state index is -0.375. The fourth-order valence-corrected chi connectivity index (χ4v) is 3.37. The molecule has 0 saturated carbocycles. The number of hydrogen-bond acceptors (Lipinski definition) is 2. The normalized spacial score (nSPS) is 12.7. The van der Waals surface area contributed by atoms with Crippen LogP contribution in [0, 0.1) is 13.8 Å². The van der Waals surface area contributed by atoms with Crippen molar-refractivity contribution in [3.05, 3.63) is 56.8 Å². The smallest absolute Gasteiger partial charge is 0.0925 e. The van der Waals surface area contributed by atoms with Gasteiger partial charge in [0.1, 0.15) is 0 Å². The Morgan fingerprint density at radius 1 is 1.17 bits per heavy atom. The Balaban J connectivity index is 2.24. The van der Waals surface area contributed by atoms with Crippen molar-refractivity contribution >= 4 is 11.3 Å². The minimum Gasteiger partial charge on any atom is -0.387 e. The molecular formula is C16H20OS.